The summed E-state index contributed by atoms with van der Waals surface area (Å²) in [7, 11) is 0. The fourth-order valence-electron chi connectivity index (χ4n) is 2.67. The van der Waals surface area contributed by atoms with Crippen LogP contribution in [0, 0.1) is 0 Å². The van der Waals surface area contributed by atoms with Crippen LogP contribution in [0.4, 0.5) is 5.69 Å². The van der Waals surface area contributed by atoms with E-state index in [4.69, 9.17) is 5.11 Å². The van der Waals surface area contributed by atoms with Gasteiger partial charge in [0.05, 0.1) is 0 Å². The molecule has 1 saturated heterocycles. The average Bonchev–Trinajstić information content (AvgIpc) is 2.45. The third-order valence-electron chi connectivity index (χ3n) is 3.86. The van der Waals surface area contributed by atoms with Crippen LogP contribution < -0.4 is 4.90 Å². The van der Waals surface area contributed by atoms with Crippen molar-refractivity contribution in [3.05, 3.63) is 28.2 Å². The number of piperazine rings is 1. The molecule has 0 atom stereocenters. The molecule has 0 radical (unpaired) electrons. The van der Waals surface area contributed by atoms with Crippen molar-refractivity contribution in [2.24, 2.45) is 0 Å². The van der Waals surface area contributed by atoms with Crippen molar-refractivity contribution in [1.29, 1.82) is 0 Å². The zero-order valence-corrected chi connectivity index (χ0v) is 14.7. The first-order valence-electron chi connectivity index (χ1n) is 7.27. The number of hydrogen-bond acceptors (Lipinski definition) is 3. The van der Waals surface area contributed by atoms with E-state index >= 15 is 0 Å². The van der Waals surface area contributed by atoms with Gasteiger partial charge in [0.25, 0.3) is 0 Å². The maximum Gasteiger partial charge on any atom is 0.394 e. The van der Waals surface area contributed by atoms with Gasteiger partial charge in [0.1, 0.15) is 0 Å². The number of anilines is 1. The molecule has 1 fully saturated rings. The number of amides is 1. The molecular formula is C16H21BrN2O3. The van der Waals surface area contributed by atoms with Gasteiger partial charge < -0.3 is 14.9 Å². The van der Waals surface area contributed by atoms with Crippen LogP contribution in [0.2, 0.25) is 0 Å². The summed E-state index contributed by atoms with van der Waals surface area (Å²) in [5.41, 5.74) is 2.39. The summed E-state index contributed by atoms with van der Waals surface area (Å²) < 4.78 is 1.04. The zero-order valence-electron chi connectivity index (χ0n) is 13.1. The van der Waals surface area contributed by atoms with Crippen molar-refractivity contribution in [3.8, 4) is 0 Å². The van der Waals surface area contributed by atoms with E-state index in [1.807, 2.05) is 6.07 Å². The van der Waals surface area contributed by atoms with E-state index in [1.165, 1.54) is 10.5 Å². The first-order chi connectivity index (χ1) is 10.2. The number of hydrogen-bond donors (Lipinski definition) is 1. The van der Waals surface area contributed by atoms with Crippen LogP contribution in [0.5, 0.6) is 0 Å². The van der Waals surface area contributed by atoms with E-state index in [1.54, 1.807) is 0 Å². The lowest BCUT2D eigenvalue weighted by Gasteiger charge is -2.38. The number of nitrogens with zero attached hydrogens (tertiary/aromatic N) is 2. The highest BCUT2D eigenvalue weighted by Gasteiger charge is 2.28. The molecule has 5 nitrogen and oxygen atoms in total. The minimum absolute atomic E-state index is 0.00707. The summed E-state index contributed by atoms with van der Waals surface area (Å²) in [5, 5.41) is 8.79. The molecule has 2 rings (SSSR count). The normalized spacial score (nSPS) is 15.8. The predicted octanol–water partition coefficient (Wildman–Crippen LogP) is 2.48. The summed E-state index contributed by atoms with van der Waals surface area (Å²) in [6.07, 6.45) is 0. The highest BCUT2D eigenvalue weighted by molar-refractivity contribution is 9.10. The molecule has 1 aromatic rings. The van der Waals surface area contributed by atoms with Gasteiger partial charge in [-0.3, -0.25) is 4.79 Å². The molecule has 0 aromatic heterocycles. The summed E-state index contributed by atoms with van der Waals surface area (Å²) in [6, 6.07) is 6.23. The molecule has 1 amide bonds. The van der Waals surface area contributed by atoms with Crippen LogP contribution in [-0.4, -0.2) is 48.1 Å². The Morgan fingerprint density at radius 3 is 2.23 bits per heavy atom. The second kappa shape index (κ2) is 6.28. The summed E-state index contributed by atoms with van der Waals surface area (Å²) in [5.74, 6) is -2.20. The Labute approximate surface area is 139 Å². The van der Waals surface area contributed by atoms with Gasteiger partial charge in [-0.05, 0) is 29.2 Å². The van der Waals surface area contributed by atoms with Crippen molar-refractivity contribution >= 4 is 33.5 Å². The minimum atomic E-state index is -1.38. The van der Waals surface area contributed by atoms with Gasteiger partial charge in [-0.2, -0.15) is 0 Å². The number of rotatable bonds is 1. The van der Waals surface area contributed by atoms with Gasteiger partial charge in [0, 0.05) is 36.3 Å². The Morgan fingerprint density at radius 2 is 1.73 bits per heavy atom. The first kappa shape index (κ1) is 16.8. The number of carbonyl (C=O) groups excluding carboxylic acids is 1. The predicted molar refractivity (Wildman–Crippen MR) is 89.3 cm³/mol. The number of aliphatic carboxylic acids is 1. The van der Waals surface area contributed by atoms with Crippen LogP contribution in [0.3, 0.4) is 0 Å². The Bertz CT molecular complexity index is 588. The number of carbonyl (C=O) groups is 2. The second-order valence-corrected chi connectivity index (χ2v) is 7.41. The SMILES string of the molecule is CC(C)(C)c1cc(Br)ccc1N1CCN(C(=O)C(=O)O)CC1. The monoisotopic (exact) mass is 368 g/mol. The van der Waals surface area contributed by atoms with E-state index in [9.17, 15) is 9.59 Å². The molecule has 1 aliphatic heterocycles. The molecule has 6 heteroatoms. The molecular weight excluding hydrogens is 348 g/mol. The zero-order chi connectivity index (χ0) is 16.5. The molecule has 0 spiro atoms. The Balaban J connectivity index is 2.18. The third-order valence-corrected chi connectivity index (χ3v) is 4.35. The fourth-order valence-corrected chi connectivity index (χ4v) is 3.03. The number of benzene rings is 1. The standard InChI is InChI=1S/C16H21BrN2O3/c1-16(2,3)12-10-11(17)4-5-13(12)18-6-8-19(9-7-18)14(20)15(21)22/h4-5,10H,6-9H2,1-3H3,(H,21,22). The van der Waals surface area contributed by atoms with Crippen molar-refractivity contribution < 1.29 is 14.7 Å². The van der Waals surface area contributed by atoms with E-state index in [2.05, 4.69) is 53.7 Å². The van der Waals surface area contributed by atoms with E-state index in [-0.39, 0.29) is 5.41 Å². The smallest absolute Gasteiger partial charge is 0.394 e. The Kier molecular flexibility index (Phi) is 4.80. The lowest BCUT2D eigenvalue weighted by atomic mass is 9.85. The second-order valence-electron chi connectivity index (χ2n) is 6.50. The minimum Gasteiger partial charge on any atom is -0.474 e. The molecule has 1 aromatic carbocycles. The van der Waals surface area contributed by atoms with Crippen molar-refractivity contribution in [1.82, 2.24) is 4.90 Å². The third kappa shape index (κ3) is 3.61. The number of carboxylic acids is 1. The lowest BCUT2D eigenvalue weighted by molar-refractivity contribution is -0.156. The van der Waals surface area contributed by atoms with Crippen LogP contribution in [0.1, 0.15) is 26.3 Å². The molecule has 0 saturated carbocycles. The van der Waals surface area contributed by atoms with E-state index in [0.29, 0.717) is 26.2 Å². The molecule has 0 unspecified atom stereocenters. The highest BCUT2D eigenvalue weighted by Crippen LogP contribution is 2.34. The number of carboxylic acid groups (broad SMARTS) is 1. The Hall–Kier alpha value is -1.56. The molecule has 1 heterocycles. The first-order valence-corrected chi connectivity index (χ1v) is 8.06. The summed E-state index contributed by atoms with van der Waals surface area (Å²) >= 11 is 3.52. The van der Waals surface area contributed by atoms with Gasteiger partial charge >= 0.3 is 11.9 Å². The van der Waals surface area contributed by atoms with Crippen molar-refractivity contribution in [3.63, 3.8) is 0 Å². The molecule has 1 aliphatic rings. The van der Waals surface area contributed by atoms with Crippen LogP contribution >= 0.6 is 15.9 Å². The fraction of sp³-hybridized carbons (Fsp3) is 0.500. The lowest BCUT2D eigenvalue weighted by Crippen LogP contribution is -2.51. The molecule has 0 bridgehead atoms. The molecule has 1 N–H and O–H groups in total. The van der Waals surface area contributed by atoms with Crippen LogP contribution in [-0.2, 0) is 15.0 Å². The maximum absolute atomic E-state index is 11.5. The molecule has 120 valence electrons. The van der Waals surface area contributed by atoms with E-state index < -0.39 is 11.9 Å². The molecule has 0 aliphatic carbocycles. The van der Waals surface area contributed by atoms with Gasteiger partial charge in [0.15, 0.2) is 0 Å². The highest BCUT2D eigenvalue weighted by atomic mass is 79.9. The molecule has 22 heavy (non-hydrogen) atoms. The summed E-state index contributed by atoms with van der Waals surface area (Å²) in [4.78, 5) is 25.9. The van der Waals surface area contributed by atoms with Crippen LogP contribution in [0.25, 0.3) is 0 Å². The Morgan fingerprint density at radius 1 is 1.14 bits per heavy atom. The van der Waals surface area contributed by atoms with Crippen molar-refractivity contribution in [2.45, 2.75) is 26.2 Å². The average molecular weight is 369 g/mol. The summed E-state index contributed by atoms with van der Waals surface area (Å²) in [6.45, 7) is 8.66. The largest absolute Gasteiger partial charge is 0.474 e. The van der Waals surface area contributed by atoms with Gasteiger partial charge in [-0.1, -0.05) is 36.7 Å². The maximum atomic E-state index is 11.5. The van der Waals surface area contributed by atoms with Crippen molar-refractivity contribution in [2.75, 3.05) is 31.1 Å². The van der Waals surface area contributed by atoms with E-state index in [0.717, 1.165) is 10.2 Å². The number of halogens is 1. The topological polar surface area (TPSA) is 60.9 Å². The van der Waals surface area contributed by atoms with Gasteiger partial charge in [-0.25, -0.2) is 4.79 Å². The van der Waals surface area contributed by atoms with Crippen LogP contribution in [0.15, 0.2) is 22.7 Å². The van der Waals surface area contributed by atoms with Gasteiger partial charge in [0.2, 0.25) is 0 Å². The van der Waals surface area contributed by atoms with Gasteiger partial charge in [-0.15, -0.1) is 0 Å². The quantitative estimate of drug-likeness (QED) is 0.773.